The Kier molecular flexibility index (Phi) is 6.29. The van der Waals surface area contributed by atoms with E-state index in [1.165, 1.54) is 0 Å². The summed E-state index contributed by atoms with van der Waals surface area (Å²) in [5.74, 6) is -2.38. The summed E-state index contributed by atoms with van der Waals surface area (Å²) in [6.07, 6.45) is 3.00. The Hall–Kier alpha value is -3.56. The lowest BCUT2D eigenvalue weighted by atomic mass is 10.0. The lowest BCUT2D eigenvalue weighted by molar-refractivity contribution is -0.0232. The van der Waals surface area contributed by atoms with Crippen LogP contribution in [-0.2, 0) is 18.9 Å². The molecule has 0 amide bonds. The van der Waals surface area contributed by atoms with Crippen LogP contribution in [0.2, 0.25) is 0 Å². The summed E-state index contributed by atoms with van der Waals surface area (Å²) in [5, 5.41) is 18.0. The number of nitrogens with one attached hydrogen (secondary N) is 1. The van der Waals surface area contributed by atoms with E-state index in [-0.39, 0.29) is 12.2 Å². The van der Waals surface area contributed by atoms with Crippen molar-refractivity contribution < 1.29 is 8.78 Å². The maximum Gasteiger partial charge on any atom is 0.308 e. The molecule has 4 rings (SSSR count). The van der Waals surface area contributed by atoms with E-state index in [1.54, 1.807) is 17.8 Å². The number of tetrazole rings is 1. The first-order chi connectivity index (χ1) is 15.5. The topological polar surface area (TPSA) is 98.1 Å². The number of aryl methyl sites for hydroxylation is 1. The fourth-order valence-electron chi connectivity index (χ4n) is 3.55. The highest BCUT2D eigenvalue weighted by atomic mass is 19.3. The van der Waals surface area contributed by atoms with Gasteiger partial charge in [0.1, 0.15) is 11.5 Å². The number of benzene rings is 1. The van der Waals surface area contributed by atoms with Gasteiger partial charge in [-0.15, -0.1) is 10.2 Å². The average molecular weight is 438 g/mol. The van der Waals surface area contributed by atoms with Crippen LogP contribution < -0.4 is 0 Å². The number of alkyl halides is 2. The Morgan fingerprint density at radius 1 is 1.06 bits per heavy atom. The molecule has 8 nitrogen and oxygen atoms in total. The van der Waals surface area contributed by atoms with Gasteiger partial charge in [0.05, 0.1) is 0 Å². The van der Waals surface area contributed by atoms with E-state index in [0.717, 1.165) is 23.1 Å². The molecule has 0 saturated carbocycles. The van der Waals surface area contributed by atoms with Gasteiger partial charge in [-0.3, -0.25) is 4.98 Å². The van der Waals surface area contributed by atoms with Crippen LogP contribution in [0.3, 0.4) is 0 Å². The van der Waals surface area contributed by atoms with Gasteiger partial charge in [-0.05, 0) is 40.5 Å². The molecule has 0 spiro atoms. The van der Waals surface area contributed by atoms with Crippen LogP contribution in [0.25, 0.3) is 22.6 Å². The molecular weight excluding hydrogens is 414 g/mol. The molecule has 166 valence electrons. The number of rotatable bonds is 9. The summed E-state index contributed by atoms with van der Waals surface area (Å²) < 4.78 is 30.3. The number of aromatic amines is 1. The fourth-order valence-corrected chi connectivity index (χ4v) is 3.55. The highest BCUT2D eigenvalue weighted by molar-refractivity contribution is 5.77. The van der Waals surface area contributed by atoms with Crippen molar-refractivity contribution in [2.24, 2.45) is 0 Å². The molecule has 1 N–H and O–H groups in total. The Labute approximate surface area is 184 Å². The SMILES string of the molecule is CCCn1nc(C(F)(F)CCC)nc1Cc1ccc(-c2cccnc2-c2nnn[nH]2)cc1. The van der Waals surface area contributed by atoms with Gasteiger partial charge in [-0.25, -0.2) is 14.8 Å². The molecule has 0 aliphatic carbocycles. The van der Waals surface area contributed by atoms with Crippen LogP contribution in [0.4, 0.5) is 8.78 Å². The number of hydrogen-bond acceptors (Lipinski definition) is 6. The molecule has 0 radical (unpaired) electrons. The number of hydrogen-bond donors (Lipinski definition) is 1. The smallest absolute Gasteiger partial charge is 0.252 e. The molecule has 4 aromatic rings. The first-order valence-electron chi connectivity index (χ1n) is 10.6. The number of aromatic nitrogens is 8. The van der Waals surface area contributed by atoms with E-state index in [1.807, 2.05) is 43.3 Å². The van der Waals surface area contributed by atoms with E-state index in [4.69, 9.17) is 0 Å². The minimum Gasteiger partial charge on any atom is -0.252 e. The first kappa shape index (κ1) is 21.7. The molecule has 32 heavy (non-hydrogen) atoms. The standard InChI is InChI=1S/C22H24F2N8/c1-3-11-22(23,24)21-26-18(32(29-21)13-4-2)14-15-7-9-16(10-8-15)17-6-5-12-25-19(17)20-27-30-31-28-20/h5-10,12H,3-4,11,13-14H2,1-2H3,(H,27,28,30,31). The number of nitrogens with zero attached hydrogens (tertiary/aromatic N) is 7. The summed E-state index contributed by atoms with van der Waals surface area (Å²) in [7, 11) is 0. The van der Waals surface area contributed by atoms with Crippen molar-refractivity contribution in [1.82, 2.24) is 40.4 Å². The van der Waals surface area contributed by atoms with Gasteiger partial charge in [-0.1, -0.05) is 44.2 Å². The third-order valence-corrected chi connectivity index (χ3v) is 5.08. The fraction of sp³-hybridized carbons (Fsp3) is 0.364. The molecular formula is C22H24F2N8. The quantitative estimate of drug-likeness (QED) is 0.416. The zero-order chi connectivity index (χ0) is 22.6. The van der Waals surface area contributed by atoms with E-state index < -0.39 is 5.92 Å². The van der Waals surface area contributed by atoms with Gasteiger partial charge >= 0.3 is 5.92 Å². The van der Waals surface area contributed by atoms with Crippen molar-refractivity contribution in [2.75, 3.05) is 0 Å². The number of pyridine rings is 1. The second-order valence-electron chi connectivity index (χ2n) is 7.55. The molecule has 0 aliphatic rings. The molecule has 3 heterocycles. The minimum atomic E-state index is -3.02. The highest BCUT2D eigenvalue weighted by Crippen LogP contribution is 2.31. The summed E-state index contributed by atoms with van der Waals surface area (Å²) in [4.78, 5) is 8.60. The second kappa shape index (κ2) is 9.29. The van der Waals surface area contributed by atoms with E-state index in [2.05, 4.69) is 35.7 Å². The van der Waals surface area contributed by atoms with Crippen LogP contribution in [0.1, 0.15) is 50.3 Å². The van der Waals surface area contributed by atoms with Gasteiger partial charge < -0.3 is 0 Å². The van der Waals surface area contributed by atoms with Crippen molar-refractivity contribution in [2.45, 2.75) is 52.0 Å². The maximum absolute atomic E-state index is 14.4. The molecule has 0 atom stereocenters. The third kappa shape index (κ3) is 4.53. The summed E-state index contributed by atoms with van der Waals surface area (Å²) >= 11 is 0. The lowest BCUT2D eigenvalue weighted by Gasteiger charge is -2.10. The van der Waals surface area contributed by atoms with E-state index in [0.29, 0.717) is 36.7 Å². The monoisotopic (exact) mass is 438 g/mol. The van der Waals surface area contributed by atoms with Crippen LogP contribution in [0.5, 0.6) is 0 Å². The Bertz CT molecular complexity index is 1150. The summed E-state index contributed by atoms with van der Waals surface area (Å²) in [6.45, 7) is 4.26. The van der Waals surface area contributed by atoms with Crippen LogP contribution >= 0.6 is 0 Å². The van der Waals surface area contributed by atoms with Gasteiger partial charge in [-0.2, -0.15) is 8.78 Å². The molecule has 0 bridgehead atoms. The van der Waals surface area contributed by atoms with Crippen LogP contribution in [0, 0.1) is 0 Å². The number of H-pyrrole nitrogens is 1. The summed E-state index contributed by atoms with van der Waals surface area (Å²) in [6, 6.07) is 11.6. The predicted molar refractivity (Wildman–Crippen MR) is 115 cm³/mol. The zero-order valence-corrected chi connectivity index (χ0v) is 18.0. The van der Waals surface area contributed by atoms with Crippen molar-refractivity contribution >= 4 is 0 Å². The Morgan fingerprint density at radius 2 is 1.88 bits per heavy atom. The summed E-state index contributed by atoms with van der Waals surface area (Å²) in [5.41, 5.74) is 3.43. The van der Waals surface area contributed by atoms with Gasteiger partial charge in [0.2, 0.25) is 5.82 Å². The zero-order valence-electron chi connectivity index (χ0n) is 18.0. The van der Waals surface area contributed by atoms with Crippen molar-refractivity contribution in [3.8, 4) is 22.6 Å². The second-order valence-corrected chi connectivity index (χ2v) is 7.55. The van der Waals surface area contributed by atoms with Crippen molar-refractivity contribution in [3.63, 3.8) is 0 Å². The molecule has 3 aromatic heterocycles. The molecule has 1 aromatic carbocycles. The molecule has 10 heteroatoms. The number of halogens is 2. The van der Waals surface area contributed by atoms with Crippen LogP contribution in [0.15, 0.2) is 42.6 Å². The normalized spacial score (nSPS) is 11.8. The van der Waals surface area contributed by atoms with E-state index in [9.17, 15) is 8.78 Å². The van der Waals surface area contributed by atoms with Crippen LogP contribution in [-0.4, -0.2) is 40.4 Å². The largest absolute Gasteiger partial charge is 0.308 e. The molecule has 0 unspecified atom stereocenters. The Morgan fingerprint density at radius 3 is 2.56 bits per heavy atom. The first-order valence-corrected chi connectivity index (χ1v) is 10.6. The Balaban J connectivity index is 1.60. The predicted octanol–water partition coefficient (Wildman–Crippen LogP) is 4.41. The molecule has 0 fully saturated rings. The molecule has 0 saturated heterocycles. The van der Waals surface area contributed by atoms with Gasteiger partial charge in [0, 0.05) is 31.1 Å². The maximum atomic E-state index is 14.4. The van der Waals surface area contributed by atoms with Crippen molar-refractivity contribution in [1.29, 1.82) is 0 Å². The van der Waals surface area contributed by atoms with Crippen molar-refractivity contribution in [3.05, 3.63) is 59.8 Å². The van der Waals surface area contributed by atoms with Gasteiger partial charge in [0.25, 0.3) is 0 Å². The molecule has 0 aliphatic heterocycles. The van der Waals surface area contributed by atoms with Gasteiger partial charge in [0.15, 0.2) is 5.82 Å². The lowest BCUT2D eigenvalue weighted by Crippen LogP contribution is -2.15. The average Bonchev–Trinajstić information content (AvgIpc) is 3.46. The third-order valence-electron chi connectivity index (χ3n) is 5.08. The highest BCUT2D eigenvalue weighted by Gasteiger charge is 2.36. The minimum absolute atomic E-state index is 0.259. The van der Waals surface area contributed by atoms with E-state index >= 15 is 0 Å².